The van der Waals surface area contributed by atoms with Gasteiger partial charge in [-0.2, -0.15) is 0 Å². The van der Waals surface area contributed by atoms with E-state index in [9.17, 15) is 0 Å². The Morgan fingerprint density at radius 2 is 1.00 bits per heavy atom. The number of hydrogen-bond acceptors (Lipinski definition) is 5. The van der Waals surface area contributed by atoms with Gasteiger partial charge < -0.3 is 0 Å². The highest BCUT2D eigenvalue weighted by Crippen LogP contribution is 2.40. The second-order valence-electron chi connectivity index (χ2n) is 10.7. The molecule has 0 N–H and O–H groups in total. The highest BCUT2D eigenvalue weighted by molar-refractivity contribution is 7.26. The molecule has 0 bridgehead atoms. The number of pyridine rings is 1. The van der Waals surface area contributed by atoms with Gasteiger partial charge in [0.2, 0.25) is 0 Å². The second-order valence-corrected chi connectivity index (χ2v) is 11.7. The van der Waals surface area contributed by atoms with Gasteiger partial charge in [-0.15, -0.1) is 11.3 Å². The van der Waals surface area contributed by atoms with Gasteiger partial charge in [-0.05, 0) is 51.2 Å². The monoisotopic (exact) mass is 566 g/mol. The average molecular weight is 567 g/mol. The van der Waals surface area contributed by atoms with E-state index in [1.54, 1.807) is 11.3 Å². The maximum absolute atomic E-state index is 5.11. The number of benzene rings is 6. The number of thiophene rings is 1. The van der Waals surface area contributed by atoms with Crippen molar-refractivity contribution in [3.8, 4) is 34.2 Å². The smallest absolute Gasteiger partial charge is 0.164 e. The van der Waals surface area contributed by atoms with Gasteiger partial charge in [-0.25, -0.2) is 19.9 Å². The van der Waals surface area contributed by atoms with Crippen molar-refractivity contribution in [1.29, 1.82) is 0 Å². The molecule has 0 spiro atoms. The molecule has 3 heterocycles. The average Bonchev–Trinajstić information content (AvgIpc) is 3.47. The van der Waals surface area contributed by atoms with E-state index in [1.165, 1.54) is 31.6 Å². The quantitative estimate of drug-likeness (QED) is 0.213. The first-order chi connectivity index (χ1) is 21.3. The van der Waals surface area contributed by atoms with E-state index in [0.717, 1.165) is 37.7 Å². The molecule has 0 aliphatic carbocycles. The summed E-state index contributed by atoms with van der Waals surface area (Å²) in [7, 11) is 0. The van der Waals surface area contributed by atoms with Gasteiger partial charge in [-0.3, -0.25) is 0 Å². The fourth-order valence-electron chi connectivity index (χ4n) is 6.03. The molecule has 0 saturated heterocycles. The Morgan fingerprint density at radius 1 is 0.419 bits per heavy atom. The van der Waals surface area contributed by atoms with Crippen LogP contribution in [0.3, 0.4) is 0 Å². The molecular weight excluding hydrogens is 545 g/mol. The number of rotatable bonds is 3. The van der Waals surface area contributed by atoms with E-state index < -0.39 is 0 Å². The van der Waals surface area contributed by atoms with E-state index in [4.69, 9.17) is 15.0 Å². The first kappa shape index (κ1) is 24.1. The summed E-state index contributed by atoms with van der Waals surface area (Å²) in [6.45, 7) is 0. The minimum absolute atomic E-state index is 0.656. The molecule has 3 aromatic heterocycles. The first-order valence-corrected chi connectivity index (χ1v) is 15.0. The molecule has 0 saturated carbocycles. The fourth-order valence-corrected chi connectivity index (χ4v) is 7.20. The Hall–Kier alpha value is -5.52. The lowest BCUT2D eigenvalue weighted by Crippen LogP contribution is -2.00. The van der Waals surface area contributed by atoms with Crippen LogP contribution in [0.15, 0.2) is 134 Å². The van der Waals surface area contributed by atoms with Crippen LogP contribution >= 0.6 is 11.3 Å². The van der Waals surface area contributed by atoms with Crippen LogP contribution in [0, 0.1) is 0 Å². The van der Waals surface area contributed by atoms with Crippen LogP contribution in [-0.4, -0.2) is 19.9 Å². The standard InChI is InChI=1S/C38H22N4S/c1-3-9-25-21-27(16-14-23(25)7-1)35-40-36(28-17-15-24-8-2-4-10-26(24)22-28)42-37(41-35)32-12-5-11-30-29(32)18-19-31-33-13-6-20-39-38(33)43-34(30)31/h1-22H. The zero-order valence-electron chi connectivity index (χ0n) is 22.9. The number of nitrogens with zero attached hydrogens (tertiary/aromatic N) is 4. The molecule has 0 unspecified atom stereocenters. The summed E-state index contributed by atoms with van der Waals surface area (Å²) < 4.78 is 1.23. The van der Waals surface area contributed by atoms with Crippen molar-refractivity contribution in [2.45, 2.75) is 0 Å². The summed E-state index contributed by atoms with van der Waals surface area (Å²) in [6.07, 6.45) is 1.86. The third-order valence-corrected chi connectivity index (χ3v) is 9.33. The second kappa shape index (κ2) is 9.51. The Morgan fingerprint density at radius 3 is 1.70 bits per heavy atom. The molecule has 9 rings (SSSR count). The summed E-state index contributed by atoms with van der Waals surface area (Å²) in [4.78, 5) is 20.9. The predicted molar refractivity (Wildman–Crippen MR) is 179 cm³/mol. The highest BCUT2D eigenvalue weighted by Gasteiger charge is 2.17. The summed E-state index contributed by atoms with van der Waals surface area (Å²) >= 11 is 1.73. The molecular formula is C38H22N4S. The molecule has 6 aromatic carbocycles. The summed E-state index contributed by atoms with van der Waals surface area (Å²) in [5.74, 6) is 1.97. The third-order valence-electron chi connectivity index (χ3n) is 8.16. The molecule has 0 amide bonds. The largest absolute Gasteiger partial charge is 0.245 e. The number of hydrogen-bond donors (Lipinski definition) is 0. The predicted octanol–water partition coefficient (Wildman–Crippen LogP) is 10.1. The van der Waals surface area contributed by atoms with Crippen molar-refractivity contribution >= 4 is 64.0 Å². The zero-order chi connectivity index (χ0) is 28.3. The van der Waals surface area contributed by atoms with Gasteiger partial charge in [-0.1, -0.05) is 103 Å². The minimum Gasteiger partial charge on any atom is -0.245 e. The molecule has 0 radical (unpaired) electrons. The lowest BCUT2D eigenvalue weighted by atomic mass is 10.0. The van der Waals surface area contributed by atoms with Crippen LogP contribution < -0.4 is 0 Å². The van der Waals surface area contributed by atoms with Gasteiger partial charge in [0.05, 0.1) is 0 Å². The van der Waals surface area contributed by atoms with Gasteiger partial charge in [0.15, 0.2) is 17.5 Å². The van der Waals surface area contributed by atoms with Crippen molar-refractivity contribution in [1.82, 2.24) is 19.9 Å². The van der Waals surface area contributed by atoms with Crippen LogP contribution in [0.1, 0.15) is 0 Å². The summed E-state index contributed by atoms with van der Waals surface area (Å²) in [5, 5.41) is 9.38. The molecule has 5 heteroatoms. The van der Waals surface area contributed by atoms with Gasteiger partial charge in [0.25, 0.3) is 0 Å². The molecule has 0 aliphatic rings. The number of fused-ring (bicyclic) bond motifs is 7. The van der Waals surface area contributed by atoms with Crippen LogP contribution in [-0.2, 0) is 0 Å². The minimum atomic E-state index is 0.656. The van der Waals surface area contributed by atoms with Gasteiger partial charge in [0, 0.05) is 43.7 Å². The van der Waals surface area contributed by atoms with Crippen molar-refractivity contribution in [3.63, 3.8) is 0 Å². The third kappa shape index (κ3) is 3.97. The van der Waals surface area contributed by atoms with E-state index in [0.29, 0.717) is 17.5 Å². The number of aromatic nitrogens is 4. The molecule has 0 fully saturated rings. The maximum Gasteiger partial charge on any atom is 0.164 e. The van der Waals surface area contributed by atoms with E-state index >= 15 is 0 Å². The van der Waals surface area contributed by atoms with Gasteiger partial charge in [0.1, 0.15) is 4.83 Å². The molecule has 43 heavy (non-hydrogen) atoms. The van der Waals surface area contributed by atoms with Crippen molar-refractivity contribution < 1.29 is 0 Å². The summed E-state index contributed by atoms with van der Waals surface area (Å²) in [5.41, 5.74) is 2.90. The zero-order valence-corrected chi connectivity index (χ0v) is 23.7. The van der Waals surface area contributed by atoms with E-state index in [-0.39, 0.29) is 0 Å². The maximum atomic E-state index is 5.11. The lowest BCUT2D eigenvalue weighted by Gasteiger charge is -2.11. The van der Waals surface area contributed by atoms with Crippen LogP contribution in [0.5, 0.6) is 0 Å². The Bertz CT molecular complexity index is 2430. The highest BCUT2D eigenvalue weighted by atomic mass is 32.1. The van der Waals surface area contributed by atoms with Crippen molar-refractivity contribution in [3.05, 3.63) is 134 Å². The molecule has 0 atom stereocenters. The topological polar surface area (TPSA) is 51.6 Å². The van der Waals surface area contributed by atoms with Crippen molar-refractivity contribution in [2.75, 3.05) is 0 Å². The lowest BCUT2D eigenvalue weighted by molar-refractivity contribution is 1.08. The van der Waals surface area contributed by atoms with Crippen molar-refractivity contribution in [2.24, 2.45) is 0 Å². The van der Waals surface area contributed by atoms with Gasteiger partial charge >= 0.3 is 0 Å². The fraction of sp³-hybridized carbons (Fsp3) is 0. The normalized spacial score (nSPS) is 11.7. The summed E-state index contributed by atoms with van der Waals surface area (Å²) in [6, 6.07) is 44.5. The molecule has 0 aliphatic heterocycles. The van der Waals surface area contributed by atoms with E-state index in [2.05, 4.69) is 126 Å². The molecule has 4 nitrogen and oxygen atoms in total. The van der Waals surface area contributed by atoms with Crippen LogP contribution in [0.25, 0.3) is 86.8 Å². The van der Waals surface area contributed by atoms with Crippen LogP contribution in [0.2, 0.25) is 0 Å². The Balaban J connectivity index is 1.30. The Kier molecular flexibility index (Phi) is 5.33. The molecule has 9 aromatic rings. The van der Waals surface area contributed by atoms with Crippen LogP contribution in [0.4, 0.5) is 0 Å². The van der Waals surface area contributed by atoms with E-state index in [1.807, 2.05) is 12.3 Å². The SMILES string of the molecule is c1ccc2cc(-c3nc(-c4ccc5ccccc5c4)nc(-c4cccc5c4ccc4c6cccnc6sc54)n3)ccc2c1. The molecule has 200 valence electrons. The first-order valence-electron chi connectivity index (χ1n) is 14.2. The Labute approximate surface area is 251 Å².